The molecule has 2 aliphatic heterocycles. The second kappa shape index (κ2) is 7.82. The summed E-state index contributed by atoms with van der Waals surface area (Å²) in [4.78, 5) is 41.7. The highest BCUT2D eigenvalue weighted by atomic mass is 35.5. The maximum Gasteiger partial charge on any atom is 0.409 e. The Labute approximate surface area is 161 Å². The highest BCUT2D eigenvalue weighted by molar-refractivity contribution is 6.42. The molecule has 0 spiro atoms. The number of nitrogens with zero attached hydrogens (tertiary/aromatic N) is 3. The minimum atomic E-state index is -0.527. The molecule has 1 atom stereocenters. The lowest BCUT2D eigenvalue weighted by Crippen LogP contribution is -2.54. The monoisotopic (exact) mass is 399 g/mol. The van der Waals surface area contributed by atoms with Crippen molar-refractivity contribution in [3.8, 4) is 0 Å². The number of imide groups is 1. The lowest BCUT2D eigenvalue weighted by atomic mass is 10.2. The number of rotatable bonds is 3. The molecule has 26 heavy (non-hydrogen) atoms. The normalized spacial score (nSPS) is 21.4. The third-order valence-corrected chi connectivity index (χ3v) is 5.30. The van der Waals surface area contributed by atoms with Crippen LogP contribution in [-0.2, 0) is 14.3 Å². The van der Waals surface area contributed by atoms with E-state index in [2.05, 4.69) is 0 Å². The molecule has 3 amide bonds. The fraction of sp³-hybridized carbons (Fsp3) is 0.471. The van der Waals surface area contributed by atoms with Crippen LogP contribution in [0.15, 0.2) is 18.2 Å². The quantitative estimate of drug-likeness (QED) is 0.729. The average Bonchev–Trinajstić information content (AvgIpc) is 2.92. The first-order valence-corrected chi connectivity index (χ1v) is 9.15. The summed E-state index contributed by atoms with van der Waals surface area (Å²) in [7, 11) is 0. The molecule has 2 saturated heterocycles. The molecule has 9 heteroatoms. The van der Waals surface area contributed by atoms with Gasteiger partial charge in [0.25, 0.3) is 5.91 Å². The first-order chi connectivity index (χ1) is 12.4. The molecule has 0 radical (unpaired) electrons. The Morgan fingerprint density at radius 3 is 2.46 bits per heavy atom. The molecule has 140 valence electrons. The van der Waals surface area contributed by atoms with Crippen LogP contribution in [0.5, 0.6) is 0 Å². The Bertz CT molecular complexity index is 735. The minimum Gasteiger partial charge on any atom is -0.450 e. The maximum atomic E-state index is 12.8. The van der Waals surface area contributed by atoms with Crippen LogP contribution in [0.3, 0.4) is 0 Å². The van der Waals surface area contributed by atoms with Crippen molar-refractivity contribution in [2.24, 2.45) is 0 Å². The van der Waals surface area contributed by atoms with E-state index in [1.165, 1.54) is 6.07 Å². The van der Waals surface area contributed by atoms with Gasteiger partial charge in [0.1, 0.15) is 0 Å². The summed E-state index contributed by atoms with van der Waals surface area (Å²) in [5.74, 6) is -0.552. The van der Waals surface area contributed by atoms with Crippen LogP contribution in [0, 0.1) is 0 Å². The number of amides is 3. The van der Waals surface area contributed by atoms with E-state index in [0.717, 1.165) is 4.90 Å². The van der Waals surface area contributed by atoms with Crippen LogP contribution >= 0.6 is 23.2 Å². The molecular weight excluding hydrogens is 381 g/mol. The van der Waals surface area contributed by atoms with Crippen molar-refractivity contribution in [1.29, 1.82) is 0 Å². The predicted molar refractivity (Wildman–Crippen MR) is 97.5 cm³/mol. The van der Waals surface area contributed by atoms with Crippen molar-refractivity contribution < 1.29 is 19.1 Å². The number of benzene rings is 1. The summed E-state index contributed by atoms with van der Waals surface area (Å²) in [6, 6.07) is 4.15. The van der Waals surface area contributed by atoms with Gasteiger partial charge in [-0.25, -0.2) is 9.69 Å². The van der Waals surface area contributed by atoms with E-state index in [9.17, 15) is 14.4 Å². The highest BCUT2D eigenvalue weighted by Crippen LogP contribution is 2.31. The molecule has 1 aromatic rings. The van der Waals surface area contributed by atoms with Crippen LogP contribution in [0.25, 0.3) is 0 Å². The number of hydrogen-bond donors (Lipinski definition) is 0. The molecule has 2 fully saturated rings. The number of halogens is 2. The Hall–Kier alpha value is -1.83. The lowest BCUT2D eigenvalue weighted by molar-refractivity contribution is -0.123. The van der Waals surface area contributed by atoms with Gasteiger partial charge in [0.2, 0.25) is 5.91 Å². The molecule has 0 unspecified atom stereocenters. The smallest absolute Gasteiger partial charge is 0.409 e. The van der Waals surface area contributed by atoms with E-state index < -0.39 is 6.04 Å². The van der Waals surface area contributed by atoms with Gasteiger partial charge >= 0.3 is 6.09 Å². The fourth-order valence-corrected chi connectivity index (χ4v) is 3.52. The van der Waals surface area contributed by atoms with Gasteiger partial charge in [-0.05, 0) is 25.1 Å². The summed E-state index contributed by atoms with van der Waals surface area (Å²) >= 11 is 11.9. The Kier molecular flexibility index (Phi) is 5.70. The van der Waals surface area contributed by atoms with Crippen LogP contribution < -0.4 is 4.90 Å². The zero-order valence-electron chi connectivity index (χ0n) is 14.3. The number of carbonyl (C=O) groups is 3. The molecule has 0 bridgehead atoms. The number of ether oxygens (including phenoxy) is 1. The Balaban J connectivity index is 1.68. The number of carbonyl (C=O) groups excluding carboxylic acids is 3. The van der Waals surface area contributed by atoms with Crippen molar-refractivity contribution in [3.05, 3.63) is 28.2 Å². The van der Waals surface area contributed by atoms with E-state index >= 15 is 0 Å². The second-order valence-electron chi connectivity index (χ2n) is 6.11. The third kappa shape index (κ3) is 3.65. The molecule has 0 N–H and O–H groups in total. The molecule has 0 saturated carbocycles. The Morgan fingerprint density at radius 2 is 1.85 bits per heavy atom. The standard InChI is InChI=1S/C17H19Cl2N3O4/c1-2-26-17(25)21-7-5-20(6-8-21)14-10-15(23)22(16(14)24)11-3-4-12(18)13(19)9-11/h3-4,9,14H,2,5-8,10H2,1H3/t14-/m0/s1. The molecule has 7 nitrogen and oxygen atoms in total. The fourth-order valence-electron chi connectivity index (χ4n) is 3.23. The minimum absolute atomic E-state index is 0.110. The molecule has 0 aromatic heterocycles. The first-order valence-electron chi connectivity index (χ1n) is 8.40. The molecule has 2 aliphatic rings. The summed E-state index contributed by atoms with van der Waals surface area (Å²) < 4.78 is 4.99. The number of piperazine rings is 1. The van der Waals surface area contributed by atoms with Gasteiger partial charge in [0.15, 0.2) is 0 Å². The number of hydrogen-bond acceptors (Lipinski definition) is 5. The van der Waals surface area contributed by atoms with Crippen LogP contribution in [0.4, 0.5) is 10.5 Å². The first kappa shape index (κ1) is 18.9. The molecule has 2 heterocycles. The number of anilines is 1. The topological polar surface area (TPSA) is 70.2 Å². The van der Waals surface area contributed by atoms with E-state index in [0.29, 0.717) is 43.5 Å². The van der Waals surface area contributed by atoms with Crippen LogP contribution in [0.2, 0.25) is 10.0 Å². The van der Waals surface area contributed by atoms with Crippen molar-refractivity contribution in [3.63, 3.8) is 0 Å². The molecular formula is C17H19Cl2N3O4. The average molecular weight is 400 g/mol. The second-order valence-corrected chi connectivity index (χ2v) is 6.92. The van der Waals surface area contributed by atoms with Gasteiger partial charge in [-0.2, -0.15) is 0 Å². The summed E-state index contributed by atoms with van der Waals surface area (Å²) in [6.45, 7) is 4.03. The van der Waals surface area contributed by atoms with Crippen molar-refractivity contribution >= 4 is 46.8 Å². The Morgan fingerprint density at radius 1 is 1.15 bits per heavy atom. The van der Waals surface area contributed by atoms with E-state index in [4.69, 9.17) is 27.9 Å². The van der Waals surface area contributed by atoms with E-state index in [1.54, 1.807) is 24.0 Å². The van der Waals surface area contributed by atoms with Gasteiger partial charge in [0.05, 0.1) is 34.8 Å². The van der Waals surface area contributed by atoms with Gasteiger partial charge < -0.3 is 9.64 Å². The zero-order chi connectivity index (χ0) is 18.8. The van der Waals surface area contributed by atoms with Crippen LogP contribution in [0.1, 0.15) is 13.3 Å². The van der Waals surface area contributed by atoms with Gasteiger partial charge in [-0.15, -0.1) is 0 Å². The van der Waals surface area contributed by atoms with Crippen molar-refractivity contribution in [2.75, 3.05) is 37.7 Å². The van der Waals surface area contributed by atoms with Gasteiger partial charge in [-0.3, -0.25) is 14.5 Å². The summed E-state index contributed by atoms with van der Waals surface area (Å²) in [5, 5.41) is 0.650. The summed E-state index contributed by atoms with van der Waals surface area (Å²) in [5.41, 5.74) is 0.419. The van der Waals surface area contributed by atoms with Crippen LogP contribution in [-0.4, -0.2) is 66.5 Å². The molecule has 1 aromatic carbocycles. The van der Waals surface area contributed by atoms with E-state index in [1.807, 2.05) is 4.90 Å². The van der Waals surface area contributed by atoms with Crippen molar-refractivity contribution in [1.82, 2.24) is 9.80 Å². The van der Waals surface area contributed by atoms with Gasteiger partial charge in [0, 0.05) is 26.2 Å². The predicted octanol–water partition coefficient (Wildman–Crippen LogP) is 2.40. The largest absolute Gasteiger partial charge is 0.450 e. The summed E-state index contributed by atoms with van der Waals surface area (Å²) in [6.07, 6.45) is -0.239. The molecule has 0 aliphatic carbocycles. The maximum absolute atomic E-state index is 12.8. The molecule has 3 rings (SSSR count). The lowest BCUT2D eigenvalue weighted by Gasteiger charge is -2.36. The highest BCUT2D eigenvalue weighted by Gasteiger charge is 2.43. The van der Waals surface area contributed by atoms with E-state index in [-0.39, 0.29) is 29.4 Å². The van der Waals surface area contributed by atoms with Gasteiger partial charge in [-0.1, -0.05) is 23.2 Å². The third-order valence-electron chi connectivity index (χ3n) is 4.57. The SMILES string of the molecule is CCOC(=O)N1CCN([C@H]2CC(=O)N(c3ccc(Cl)c(Cl)c3)C2=O)CC1. The van der Waals surface area contributed by atoms with Crippen molar-refractivity contribution in [2.45, 2.75) is 19.4 Å². The zero-order valence-corrected chi connectivity index (χ0v) is 15.8.